The molecule has 0 saturated carbocycles. The molecule has 0 spiro atoms. The van der Waals surface area contributed by atoms with Crippen LogP contribution in [0.2, 0.25) is 0 Å². The van der Waals surface area contributed by atoms with E-state index in [1.165, 1.54) is 5.56 Å². The molecule has 1 unspecified atom stereocenters. The Morgan fingerprint density at radius 2 is 2.24 bits per heavy atom. The Labute approximate surface area is 126 Å². The molecule has 112 valence electrons. The van der Waals surface area contributed by atoms with E-state index in [9.17, 15) is 0 Å². The van der Waals surface area contributed by atoms with Gasteiger partial charge < -0.3 is 10.6 Å². The normalized spacial score (nSPS) is 13.0. The third kappa shape index (κ3) is 4.34. The van der Waals surface area contributed by atoms with Crippen LogP contribution in [-0.2, 0) is 6.54 Å². The molecule has 0 fully saturated rings. The largest absolute Gasteiger partial charge is 0.354 e. The van der Waals surface area contributed by atoms with Crippen LogP contribution < -0.4 is 10.6 Å². The second kappa shape index (κ2) is 7.47. The third-order valence-electron chi connectivity index (χ3n) is 3.36. The SMILES string of the molecule is CCC(C)NC(=NC)NCc1cccc(-n2cccn2)c1. The van der Waals surface area contributed by atoms with Gasteiger partial charge in [0.2, 0.25) is 0 Å². The topological polar surface area (TPSA) is 54.2 Å². The summed E-state index contributed by atoms with van der Waals surface area (Å²) >= 11 is 0. The first-order chi connectivity index (χ1) is 10.2. The van der Waals surface area contributed by atoms with Crippen LogP contribution in [0.25, 0.3) is 5.69 Å². The summed E-state index contributed by atoms with van der Waals surface area (Å²) in [5.74, 6) is 0.828. The van der Waals surface area contributed by atoms with Crippen molar-refractivity contribution in [1.29, 1.82) is 0 Å². The van der Waals surface area contributed by atoms with E-state index in [4.69, 9.17) is 0 Å². The van der Waals surface area contributed by atoms with E-state index in [1.807, 2.05) is 29.1 Å². The maximum Gasteiger partial charge on any atom is 0.191 e. The van der Waals surface area contributed by atoms with Crippen LogP contribution in [0.5, 0.6) is 0 Å². The van der Waals surface area contributed by atoms with E-state index in [0.29, 0.717) is 6.04 Å². The van der Waals surface area contributed by atoms with Gasteiger partial charge in [0.25, 0.3) is 0 Å². The standard InChI is InChI=1S/C16H23N5/c1-4-13(2)20-16(17-3)18-12-14-7-5-8-15(11-14)21-10-6-9-19-21/h5-11,13H,4,12H2,1-3H3,(H2,17,18,20). The molecular formula is C16H23N5. The minimum Gasteiger partial charge on any atom is -0.354 e. The van der Waals surface area contributed by atoms with E-state index < -0.39 is 0 Å². The van der Waals surface area contributed by atoms with Gasteiger partial charge >= 0.3 is 0 Å². The van der Waals surface area contributed by atoms with Crippen LogP contribution in [-0.4, -0.2) is 28.8 Å². The van der Waals surface area contributed by atoms with Crippen LogP contribution in [0.3, 0.4) is 0 Å². The fourth-order valence-electron chi connectivity index (χ4n) is 1.95. The van der Waals surface area contributed by atoms with Gasteiger partial charge in [-0.15, -0.1) is 0 Å². The highest BCUT2D eigenvalue weighted by Crippen LogP contribution is 2.09. The highest BCUT2D eigenvalue weighted by atomic mass is 15.3. The molecule has 0 saturated heterocycles. The van der Waals surface area contributed by atoms with Gasteiger partial charge in [-0.1, -0.05) is 19.1 Å². The molecule has 2 rings (SSSR count). The first-order valence-electron chi connectivity index (χ1n) is 7.29. The molecule has 1 heterocycles. The maximum absolute atomic E-state index is 4.25. The monoisotopic (exact) mass is 285 g/mol. The average molecular weight is 285 g/mol. The van der Waals surface area contributed by atoms with Crippen LogP contribution in [0, 0.1) is 0 Å². The van der Waals surface area contributed by atoms with E-state index in [0.717, 1.165) is 24.6 Å². The number of guanidine groups is 1. The molecule has 0 radical (unpaired) electrons. The smallest absolute Gasteiger partial charge is 0.191 e. The van der Waals surface area contributed by atoms with Crippen molar-refractivity contribution in [2.24, 2.45) is 4.99 Å². The maximum atomic E-state index is 4.25. The summed E-state index contributed by atoms with van der Waals surface area (Å²) in [7, 11) is 1.79. The molecule has 0 aliphatic rings. The van der Waals surface area contributed by atoms with Gasteiger partial charge in [-0.2, -0.15) is 5.10 Å². The zero-order valence-electron chi connectivity index (χ0n) is 12.9. The lowest BCUT2D eigenvalue weighted by atomic mass is 10.2. The fraction of sp³-hybridized carbons (Fsp3) is 0.375. The molecule has 1 aromatic carbocycles. The van der Waals surface area contributed by atoms with Gasteiger partial charge in [-0.25, -0.2) is 4.68 Å². The van der Waals surface area contributed by atoms with Crippen molar-refractivity contribution in [2.45, 2.75) is 32.9 Å². The van der Waals surface area contributed by atoms with Gasteiger partial charge in [0.1, 0.15) is 0 Å². The van der Waals surface area contributed by atoms with Crippen molar-refractivity contribution >= 4 is 5.96 Å². The van der Waals surface area contributed by atoms with Crippen molar-refractivity contribution in [3.63, 3.8) is 0 Å². The summed E-state index contributed by atoms with van der Waals surface area (Å²) in [6.07, 6.45) is 4.79. The lowest BCUT2D eigenvalue weighted by molar-refractivity contribution is 0.624. The van der Waals surface area contributed by atoms with Gasteiger partial charge in [-0.05, 0) is 37.1 Å². The second-order valence-electron chi connectivity index (χ2n) is 5.00. The number of rotatable bonds is 5. The van der Waals surface area contributed by atoms with Crippen molar-refractivity contribution < 1.29 is 0 Å². The Morgan fingerprint density at radius 3 is 2.90 bits per heavy atom. The van der Waals surface area contributed by atoms with Gasteiger partial charge in [-0.3, -0.25) is 4.99 Å². The molecule has 1 atom stereocenters. The molecule has 0 aliphatic carbocycles. The summed E-state index contributed by atoms with van der Waals surface area (Å²) in [5.41, 5.74) is 2.25. The minimum atomic E-state index is 0.409. The molecule has 0 bridgehead atoms. The van der Waals surface area contributed by atoms with Crippen molar-refractivity contribution in [2.75, 3.05) is 7.05 Å². The van der Waals surface area contributed by atoms with E-state index in [-0.39, 0.29) is 0 Å². The van der Waals surface area contributed by atoms with Crippen molar-refractivity contribution in [1.82, 2.24) is 20.4 Å². The van der Waals surface area contributed by atoms with Gasteiger partial charge in [0.15, 0.2) is 5.96 Å². The Kier molecular flexibility index (Phi) is 5.37. The lowest BCUT2D eigenvalue weighted by Gasteiger charge is -2.16. The molecule has 0 amide bonds. The Morgan fingerprint density at radius 1 is 1.38 bits per heavy atom. The number of aliphatic imine (C=N–C) groups is 1. The molecule has 0 aliphatic heterocycles. The number of hydrogen-bond donors (Lipinski definition) is 2. The van der Waals surface area contributed by atoms with Gasteiger partial charge in [0.05, 0.1) is 5.69 Å². The first-order valence-corrected chi connectivity index (χ1v) is 7.29. The number of nitrogens with zero attached hydrogens (tertiary/aromatic N) is 3. The van der Waals surface area contributed by atoms with Crippen molar-refractivity contribution in [3.05, 3.63) is 48.3 Å². The van der Waals surface area contributed by atoms with E-state index in [1.54, 1.807) is 13.2 Å². The summed E-state index contributed by atoms with van der Waals surface area (Å²) in [6, 6.07) is 10.6. The predicted molar refractivity (Wildman–Crippen MR) is 86.7 cm³/mol. The summed E-state index contributed by atoms with van der Waals surface area (Å²) in [4.78, 5) is 4.24. The Balaban J connectivity index is 1.98. The highest BCUT2D eigenvalue weighted by Gasteiger charge is 2.03. The quantitative estimate of drug-likeness (QED) is 0.655. The van der Waals surface area contributed by atoms with Crippen LogP contribution in [0.1, 0.15) is 25.8 Å². The molecule has 5 heteroatoms. The summed E-state index contributed by atoms with van der Waals surface area (Å²) in [6.45, 7) is 5.02. The second-order valence-corrected chi connectivity index (χ2v) is 5.00. The number of benzene rings is 1. The van der Waals surface area contributed by atoms with Crippen LogP contribution in [0.15, 0.2) is 47.7 Å². The molecule has 2 aromatic rings. The third-order valence-corrected chi connectivity index (χ3v) is 3.36. The first kappa shape index (κ1) is 15.1. The van der Waals surface area contributed by atoms with Crippen LogP contribution in [0.4, 0.5) is 0 Å². The van der Waals surface area contributed by atoms with Crippen LogP contribution >= 0.6 is 0 Å². The Hall–Kier alpha value is -2.30. The zero-order valence-corrected chi connectivity index (χ0v) is 12.9. The highest BCUT2D eigenvalue weighted by molar-refractivity contribution is 5.79. The molecule has 1 aromatic heterocycles. The molecular weight excluding hydrogens is 262 g/mol. The molecule has 5 nitrogen and oxygen atoms in total. The summed E-state index contributed by atoms with van der Waals surface area (Å²) in [5, 5.41) is 10.9. The summed E-state index contributed by atoms with van der Waals surface area (Å²) < 4.78 is 1.86. The number of nitrogens with one attached hydrogen (secondary N) is 2. The fourth-order valence-corrected chi connectivity index (χ4v) is 1.95. The molecule has 2 N–H and O–H groups in total. The van der Waals surface area contributed by atoms with Crippen molar-refractivity contribution in [3.8, 4) is 5.69 Å². The average Bonchev–Trinajstić information content (AvgIpc) is 3.05. The van der Waals surface area contributed by atoms with E-state index >= 15 is 0 Å². The number of aromatic nitrogens is 2. The molecule has 21 heavy (non-hydrogen) atoms. The lowest BCUT2D eigenvalue weighted by Crippen LogP contribution is -2.41. The predicted octanol–water partition coefficient (Wildman–Crippen LogP) is 2.34. The van der Waals surface area contributed by atoms with E-state index in [2.05, 4.69) is 46.7 Å². The van der Waals surface area contributed by atoms with Gasteiger partial charge in [0, 0.05) is 32.0 Å². The Bertz CT molecular complexity index is 574. The number of hydrogen-bond acceptors (Lipinski definition) is 2. The minimum absolute atomic E-state index is 0.409. The zero-order chi connectivity index (χ0) is 15.1.